The van der Waals surface area contributed by atoms with Gasteiger partial charge in [0.1, 0.15) is 5.82 Å². The average molecular weight is 318 g/mol. The minimum absolute atomic E-state index is 0.115. The van der Waals surface area contributed by atoms with E-state index in [4.69, 9.17) is 4.74 Å². The highest BCUT2D eigenvalue weighted by molar-refractivity contribution is 5.24. The highest BCUT2D eigenvalue weighted by Gasteiger charge is 2.19. The second-order valence-electron chi connectivity index (χ2n) is 6.82. The molecular formula is C21H31FO. The molecule has 0 N–H and O–H groups in total. The lowest BCUT2D eigenvalue weighted by molar-refractivity contribution is 0.119. The van der Waals surface area contributed by atoms with Crippen LogP contribution in [0.4, 0.5) is 4.39 Å². The van der Waals surface area contributed by atoms with Gasteiger partial charge in [-0.15, -0.1) is 0 Å². The van der Waals surface area contributed by atoms with Crippen molar-refractivity contribution in [3.05, 3.63) is 47.3 Å². The zero-order valence-corrected chi connectivity index (χ0v) is 14.7. The van der Waals surface area contributed by atoms with Crippen molar-refractivity contribution in [3.8, 4) is 0 Å². The highest BCUT2D eigenvalue weighted by Crippen LogP contribution is 2.32. The van der Waals surface area contributed by atoms with Gasteiger partial charge in [-0.2, -0.15) is 0 Å². The fourth-order valence-corrected chi connectivity index (χ4v) is 3.50. The lowest BCUT2D eigenvalue weighted by Gasteiger charge is -2.26. The molecule has 0 saturated heterocycles. The Bertz CT molecular complexity index is 487. The van der Waals surface area contributed by atoms with Crippen LogP contribution in [0.1, 0.15) is 63.5 Å². The molecule has 1 aromatic carbocycles. The van der Waals surface area contributed by atoms with Crippen molar-refractivity contribution in [1.82, 2.24) is 0 Å². The molecule has 0 aromatic heterocycles. The van der Waals surface area contributed by atoms with Gasteiger partial charge in [-0.25, -0.2) is 4.39 Å². The molecule has 0 aliphatic heterocycles. The van der Waals surface area contributed by atoms with E-state index in [2.05, 4.69) is 32.1 Å². The third kappa shape index (κ3) is 6.10. The van der Waals surface area contributed by atoms with E-state index >= 15 is 0 Å². The molecule has 1 aliphatic carbocycles. The summed E-state index contributed by atoms with van der Waals surface area (Å²) in [5.74, 6) is 1.48. The molecule has 2 heteroatoms. The monoisotopic (exact) mass is 318 g/mol. The van der Waals surface area contributed by atoms with Gasteiger partial charge in [-0.1, -0.05) is 31.2 Å². The molecule has 23 heavy (non-hydrogen) atoms. The summed E-state index contributed by atoms with van der Waals surface area (Å²) in [6.45, 7) is 5.25. The van der Waals surface area contributed by atoms with E-state index in [1.165, 1.54) is 32.1 Å². The quantitative estimate of drug-likeness (QED) is 0.417. The minimum Gasteiger partial charge on any atom is -0.377 e. The first kappa shape index (κ1) is 18.2. The van der Waals surface area contributed by atoms with E-state index in [-0.39, 0.29) is 5.82 Å². The first-order valence-electron chi connectivity index (χ1n) is 9.20. The van der Waals surface area contributed by atoms with Crippen molar-refractivity contribution in [1.29, 1.82) is 0 Å². The molecule has 0 spiro atoms. The Hall–Kier alpha value is -1.15. The number of hydrogen-bond donors (Lipinski definition) is 0. The lowest BCUT2D eigenvalue weighted by atomic mass is 9.79. The first-order chi connectivity index (χ1) is 11.2. The van der Waals surface area contributed by atoms with Gasteiger partial charge in [-0.3, -0.25) is 0 Å². The van der Waals surface area contributed by atoms with Crippen LogP contribution in [0, 0.1) is 17.7 Å². The summed E-state index contributed by atoms with van der Waals surface area (Å²) in [5, 5.41) is 0. The van der Waals surface area contributed by atoms with Gasteiger partial charge in [0.05, 0.1) is 6.61 Å². The van der Waals surface area contributed by atoms with Crippen LogP contribution in [0.25, 0.3) is 0 Å². The van der Waals surface area contributed by atoms with E-state index in [1.807, 2.05) is 6.07 Å². The second-order valence-corrected chi connectivity index (χ2v) is 6.82. The van der Waals surface area contributed by atoms with E-state index in [9.17, 15) is 4.39 Å². The molecule has 1 fully saturated rings. The molecule has 0 heterocycles. The highest BCUT2D eigenvalue weighted by atomic mass is 19.1. The van der Waals surface area contributed by atoms with Crippen LogP contribution in [-0.4, -0.2) is 6.61 Å². The number of halogens is 1. The predicted molar refractivity (Wildman–Crippen MR) is 94.9 cm³/mol. The Labute approximate surface area is 140 Å². The van der Waals surface area contributed by atoms with Crippen LogP contribution < -0.4 is 0 Å². The van der Waals surface area contributed by atoms with Crippen molar-refractivity contribution >= 4 is 0 Å². The maximum atomic E-state index is 14.1. The maximum absolute atomic E-state index is 14.1. The van der Waals surface area contributed by atoms with Crippen LogP contribution in [0.3, 0.4) is 0 Å². The molecule has 0 atom stereocenters. The molecule has 1 nitrogen and oxygen atoms in total. The molecule has 0 radical (unpaired) electrons. The van der Waals surface area contributed by atoms with Crippen molar-refractivity contribution in [2.45, 2.75) is 65.4 Å². The Morgan fingerprint density at radius 1 is 1.22 bits per heavy atom. The third-order valence-corrected chi connectivity index (χ3v) is 4.92. The van der Waals surface area contributed by atoms with Crippen molar-refractivity contribution in [2.24, 2.45) is 11.8 Å². The average Bonchev–Trinajstić information content (AvgIpc) is 2.56. The molecule has 0 unspecified atom stereocenters. The van der Waals surface area contributed by atoms with Gasteiger partial charge in [0.2, 0.25) is 0 Å². The van der Waals surface area contributed by atoms with E-state index in [0.717, 1.165) is 30.2 Å². The normalized spacial score (nSPS) is 21.9. The van der Waals surface area contributed by atoms with Crippen molar-refractivity contribution < 1.29 is 9.13 Å². The predicted octanol–water partition coefficient (Wildman–Crippen LogP) is 6.07. The summed E-state index contributed by atoms with van der Waals surface area (Å²) < 4.78 is 19.5. The van der Waals surface area contributed by atoms with Crippen LogP contribution in [0.2, 0.25) is 0 Å². The van der Waals surface area contributed by atoms with E-state index in [1.54, 1.807) is 6.07 Å². The summed E-state index contributed by atoms with van der Waals surface area (Å²) in [4.78, 5) is 0. The number of ether oxygens (including phenoxy) is 1. The Morgan fingerprint density at radius 3 is 2.65 bits per heavy atom. The largest absolute Gasteiger partial charge is 0.377 e. The van der Waals surface area contributed by atoms with Crippen LogP contribution in [0.15, 0.2) is 30.4 Å². The van der Waals surface area contributed by atoms with Gasteiger partial charge in [0.15, 0.2) is 0 Å². The Morgan fingerprint density at radius 2 is 2.00 bits per heavy atom. The van der Waals surface area contributed by atoms with Gasteiger partial charge in [-0.05, 0) is 75.3 Å². The van der Waals surface area contributed by atoms with Crippen LogP contribution in [-0.2, 0) is 17.8 Å². The van der Waals surface area contributed by atoms with Gasteiger partial charge < -0.3 is 4.74 Å². The number of allylic oxidation sites excluding steroid dienone is 2. The fraction of sp³-hybridized carbons (Fsp3) is 0.619. The summed E-state index contributed by atoms with van der Waals surface area (Å²) >= 11 is 0. The molecule has 1 aliphatic rings. The maximum Gasteiger partial charge on any atom is 0.128 e. The number of benzene rings is 1. The molecule has 1 saturated carbocycles. The van der Waals surface area contributed by atoms with Crippen molar-refractivity contribution in [2.75, 3.05) is 6.61 Å². The van der Waals surface area contributed by atoms with Crippen molar-refractivity contribution in [3.63, 3.8) is 0 Å². The van der Waals surface area contributed by atoms with Crippen LogP contribution >= 0.6 is 0 Å². The van der Waals surface area contributed by atoms with Crippen LogP contribution in [0.5, 0.6) is 0 Å². The Kier molecular flexibility index (Phi) is 7.81. The smallest absolute Gasteiger partial charge is 0.128 e. The molecule has 1 aromatic rings. The van der Waals surface area contributed by atoms with Gasteiger partial charge >= 0.3 is 0 Å². The summed E-state index contributed by atoms with van der Waals surface area (Å²) in [6, 6.07) is 5.67. The topological polar surface area (TPSA) is 9.23 Å². The first-order valence-corrected chi connectivity index (χ1v) is 9.20. The summed E-state index contributed by atoms with van der Waals surface area (Å²) in [7, 11) is 0. The molecular weight excluding hydrogens is 287 g/mol. The zero-order valence-electron chi connectivity index (χ0n) is 14.7. The zero-order chi connectivity index (χ0) is 16.5. The molecule has 0 bridgehead atoms. The molecule has 0 amide bonds. The third-order valence-electron chi connectivity index (χ3n) is 4.92. The number of rotatable bonds is 8. The fourth-order valence-electron chi connectivity index (χ4n) is 3.50. The number of aryl methyl sites for hydroxylation is 1. The Balaban J connectivity index is 1.77. The molecule has 128 valence electrons. The lowest BCUT2D eigenvalue weighted by Crippen LogP contribution is -2.13. The number of hydrogen-bond acceptors (Lipinski definition) is 1. The summed E-state index contributed by atoms with van der Waals surface area (Å²) in [5.41, 5.74) is 1.80. The molecule has 2 rings (SSSR count). The minimum atomic E-state index is -0.115. The van der Waals surface area contributed by atoms with E-state index < -0.39 is 0 Å². The van der Waals surface area contributed by atoms with Gasteiger partial charge in [0.25, 0.3) is 0 Å². The second kappa shape index (κ2) is 9.87. The summed E-state index contributed by atoms with van der Waals surface area (Å²) in [6.07, 6.45) is 13.0. The standard InChI is InChI=1S/C21H31FO/c1-3-5-17-6-8-18(9-7-17)10-11-19-12-13-20(21(22)15-19)16-23-14-4-2/h3,5,12-13,15,17-18H,4,6-11,14,16H2,1-2H3/b5-3-. The van der Waals surface area contributed by atoms with E-state index in [0.29, 0.717) is 18.8 Å². The SMILES string of the molecule is C/C=C\C1CCC(CCc2ccc(COCCC)c(F)c2)CC1. The van der Waals surface area contributed by atoms with Gasteiger partial charge in [0, 0.05) is 12.2 Å².